The molecular weight excluding hydrogens is 679 g/mol. The lowest BCUT2D eigenvalue weighted by atomic mass is 10.1. The average Bonchev–Trinajstić information content (AvgIpc) is 3.12. The SMILES string of the molecule is CC/C=C/C/C=C/CCCCCCCC(=O)OC(COCCC(C(=O)[O-])[N+](C)(C)C)COC(=O)CCCCCCC/C=C/C=C/C=C/CCCCCCC. The van der Waals surface area contributed by atoms with E-state index in [2.05, 4.69) is 74.6 Å². The summed E-state index contributed by atoms with van der Waals surface area (Å²) >= 11 is 0. The van der Waals surface area contributed by atoms with Crippen LogP contribution in [0.5, 0.6) is 0 Å². The van der Waals surface area contributed by atoms with Crippen molar-refractivity contribution in [3.8, 4) is 0 Å². The summed E-state index contributed by atoms with van der Waals surface area (Å²) in [6.07, 6.45) is 43.9. The Labute approximate surface area is 330 Å². The summed E-state index contributed by atoms with van der Waals surface area (Å²) in [6.45, 7) is 4.48. The van der Waals surface area contributed by atoms with Crippen LogP contribution in [0.15, 0.2) is 60.8 Å². The molecule has 0 radical (unpaired) electrons. The van der Waals surface area contributed by atoms with Crippen LogP contribution in [0, 0.1) is 0 Å². The van der Waals surface area contributed by atoms with E-state index in [-0.39, 0.29) is 42.7 Å². The third-order valence-electron chi connectivity index (χ3n) is 9.20. The smallest absolute Gasteiger partial charge is 0.306 e. The molecule has 8 heteroatoms. The summed E-state index contributed by atoms with van der Waals surface area (Å²) in [5.41, 5.74) is 0. The molecule has 54 heavy (non-hydrogen) atoms. The number of carboxylic acid groups (broad SMARTS) is 1. The van der Waals surface area contributed by atoms with Crippen LogP contribution in [-0.4, -0.2) is 75.5 Å². The van der Waals surface area contributed by atoms with Crippen LogP contribution in [0.1, 0.15) is 162 Å². The number of carbonyl (C=O) groups excluding carboxylic acids is 3. The largest absolute Gasteiger partial charge is 0.544 e. The molecular formula is C46H79NO7. The van der Waals surface area contributed by atoms with Crippen LogP contribution in [0.4, 0.5) is 0 Å². The molecule has 0 fully saturated rings. The van der Waals surface area contributed by atoms with Crippen LogP contribution >= 0.6 is 0 Å². The number of allylic oxidation sites excluding steroid dienone is 10. The number of carbonyl (C=O) groups is 3. The average molecular weight is 758 g/mol. The maximum absolute atomic E-state index is 12.7. The fraction of sp³-hybridized carbons (Fsp3) is 0.717. The molecule has 8 nitrogen and oxygen atoms in total. The number of hydrogen-bond donors (Lipinski definition) is 0. The van der Waals surface area contributed by atoms with Crippen molar-refractivity contribution in [1.29, 1.82) is 0 Å². The molecule has 0 saturated heterocycles. The van der Waals surface area contributed by atoms with E-state index in [0.29, 0.717) is 12.8 Å². The number of ether oxygens (including phenoxy) is 3. The number of aliphatic carboxylic acids is 1. The molecule has 0 aromatic rings. The van der Waals surface area contributed by atoms with E-state index < -0.39 is 18.1 Å². The first kappa shape index (κ1) is 51.0. The molecule has 0 N–H and O–H groups in total. The fourth-order valence-electron chi connectivity index (χ4n) is 5.87. The highest BCUT2D eigenvalue weighted by molar-refractivity contribution is 5.70. The van der Waals surface area contributed by atoms with E-state index in [9.17, 15) is 19.5 Å². The highest BCUT2D eigenvalue weighted by Gasteiger charge is 2.25. The van der Waals surface area contributed by atoms with Gasteiger partial charge in [-0.25, -0.2) is 0 Å². The van der Waals surface area contributed by atoms with E-state index in [1.54, 1.807) is 21.1 Å². The monoisotopic (exact) mass is 758 g/mol. The molecule has 0 aromatic heterocycles. The number of unbranched alkanes of at least 4 members (excludes halogenated alkanes) is 15. The van der Waals surface area contributed by atoms with E-state index in [4.69, 9.17) is 14.2 Å². The zero-order chi connectivity index (χ0) is 40.0. The van der Waals surface area contributed by atoms with Crippen LogP contribution in [0.2, 0.25) is 0 Å². The molecule has 0 aliphatic heterocycles. The Morgan fingerprint density at radius 1 is 0.593 bits per heavy atom. The number of esters is 2. The summed E-state index contributed by atoms with van der Waals surface area (Å²) < 4.78 is 17.1. The first-order valence-electron chi connectivity index (χ1n) is 21.3. The summed E-state index contributed by atoms with van der Waals surface area (Å²) in [5, 5.41) is 11.6. The molecule has 2 unspecified atom stereocenters. The van der Waals surface area contributed by atoms with Crippen LogP contribution in [0.3, 0.4) is 0 Å². The van der Waals surface area contributed by atoms with Gasteiger partial charge in [0, 0.05) is 19.3 Å². The maximum Gasteiger partial charge on any atom is 0.306 e. The predicted molar refractivity (Wildman–Crippen MR) is 222 cm³/mol. The third-order valence-corrected chi connectivity index (χ3v) is 9.20. The minimum absolute atomic E-state index is 0.0256. The predicted octanol–water partition coefficient (Wildman–Crippen LogP) is 10.1. The molecule has 0 heterocycles. The number of rotatable bonds is 37. The zero-order valence-corrected chi connectivity index (χ0v) is 35.1. The Bertz CT molecular complexity index is 1070. The highest BCUT2D eigenvalue weighted by atomic mass is 16.6. The molecule has 310 valence electrons. The normalized spacial score (nSPS) is 13.6. The van der Waals surface area contributed by atoms with Gasteiger partial charge in [-0.1, -0.05) is 139 Å². The lowest BCUT2D eigenvalue weighted by Gasteiger charge is -2.34. The molecule has 0 aromatic carbocycles. The molecule has 2 atom stereocenters. The number of nitrogens with zero attached hydrogens (tertiary/aromatic N) is 1. The van der Waals surface area contributed by atoms with Crippen molar-refractivity contribution in [1.82, 2.24) is 0 Å². The Kier molecular flexibility index (Phi) is 34.9. The van der Waals surface area contributed by atoms with Crippen LogP contribution < -0.4 is 5.11 Å². The van der Waals surface area contributed by atoms with Crippen LogP contribution in [-0.2, 0) is 28.6 Å². The lowest BCUT2D eigenvalue weighted by Crippen LogP contribution is -2.55. The minimum atomic E-state index is -1.13. The number of likely N-dealkylation sites (N-methyl/N-ethyl adjacent to an activating group) is 1. The Morgan fingerprint density at radius 3 is 1.67 bits per heavy atom. The molecule has 0 amide bonds. The van der Waals surface area contributed by atoms with Gasteiger partial charge in [-0.15, -0.1) is 0 Å². The van der Waals surface area contributed by atoms with Gasteiger partial charge in [0.1, 0.15) is 12.6 Å². The molecule has 0 aliphatic rings. The molecule has 0 bridgehead atoms. The van der Waals surface area contributed by atoms with Gasteiger partial charge in [0.15, 0.2) is 6.10 Å². The van der Waals surface area contributed by atoms with Crippen molar-refractivity contribution >= 4 is 17.9 Å². The standard InChI is InChI=1S/C46H79NO7/c1-6-8-10-12-14-16-18-20-21-22-23-24-25-27-28-30-32-34-36-44(48)53-41-42(40-52-39-38-43(46(50)51)47(3,4)5)54-45(49)37-35-33-31-29-26-19-17-15-13-11-9-7-2/h9,11,15,17-18,20-24,42-43H,6-8,10,12-14,16,19,25-41H2,1-5H3/b11-9+,17-15+,20-18+,22-21+,24-23+. The second-order valence-electron chi connectivity index (χ2n) is 15.3. The van der Waals surface area contributed by atoms with E-state index in [1.807, 2.05) is 0 Å². The van der Waals surface area contributed by atoms with Crippen molar-refractivity contribution < 1.29 is 38.2 Å². The second-order valence-corrected chi connectivity index (χ2v) is 15.3. The first-order chi connectivity index (χ1) is 26.1. The van der Waals surface area contributed by atoms with Gasteiger partial charge < -0.3 is 28.6 Å². The Balaban J connectivity index is 4.41. The van der Waals surface area contributed by atoms with Gasteiger partial charge in [-0.2, -0.15) is 0 Å². The van der Waals surface area contributed by atoms with Crippen molar-refractivity contribution in [3.05, 3.63) is 60.8 Å². The summed E-state index contributed by atoms with van der Waals surface area (Å²) in [5.74, 6) is -1.79. The fourth-order valence-corrected chi connectivity index (χ4v) is 5.87. The van der Waals surface area contributed by atoms with Crippen molar-refractivity contribution in [2.75, 3.05) is 41.0 Å². The van der Waals surface area contributed by atoms with Gasteiger partial charge in [0.05, 0.1) is 40.3 Å². The summed E-state index contributed by atoms with van der Waals surface area (Å²) in [7, 11) is 5.38. The molecule has 0 rings (SSSR count). The maximum atomic E-state index is 12.7. The van der Waals surface area contributed by atoms with Gasteiger partial charge in [0.25, 0.3) is 0 Å². The van der Waals surface area contributed by atoms with E-state index >= 15 is 0 Å². The molecule has 0 spiro atoms. The summed E-state index contributed by atoms with van der Waals surface area (Å²) in [6, 6.07) is -0.733. The van der Waals surface area contributed by atoms with Gasteiger partial charge in [-0.3, -0.25) is 9.59 Å². The van der Waals surface area contributed by atoms with Gasteiger partial charge >= 0.3 is 11.9 Å². The van der Waals surface area contributed by atoms with E-state index in [0.717, 1.165) is 96.3 Å². The highest BCUT2D eigenvalue weighted by Crippen LogP contribution is 2.13. The third kappa shape index (κ3) is 34.8. The first-order valence-corrected chi connectivity index (χ1v) is 21.3. The van der Waals surface area contributed by atoms with Crippen molar-refractivity contribution in [2.24, 2.45) is 0 Å². The topological polar surface area (TPSA) is 102 Å². The van der Waals surface area contributed by atoms with Crippen molar-refractivity contribution in [2.45, 2.75) is 174 Å². The van der Waals surface area contributed by atoms with Crippen molar-refractivity contribution in [3.63, 3.8) is 0 Å². The summed E-state index contributed by atoms with van der Waals surface area (Å²) in [4.78, 5) is 36.8. The second kappa shape index (κ2) is 37.0. The quantitative estimate of drug-likeness (QED) is 0.0204. The molecule has 0 aliphatic carbocycles. The Morgan fingerprint density at radius 2 is 1.11 bits per heavy atom. The number of quaternary nitrogens is 1. The number of hydrogen-bond acceptors (Lipinski definition) is 7. The van der Waals surface area contributed by atoms with Crippen LogP contribution in [0.25, 0.3) is 0 Å². The molecule has 0 saturated carbocycles. The minimum Gasteiger partial charge on any atom is -0.544 e. The Hall–Kier alpha value is -2.97. The van der Waals surface area contributed by atoms with Gasteiger partial charge in [0.2, 0.25) is 0 Å². The van der Waals surface area contributed by atoms with E-state index in [1.165, 1.54) is 32.1 Å². The van der Waals surface area contributed by atoms with Gasteiger partial charge in [-0.05, 0) is 64.2 Å². The zero-order valence-electron chi connectivity index (χ0n) is 35.1. The lowest BCUT2D eigenvalue weighted by molar-refractivity contribution is -0.889. The number of carboxylic acids is 1.